The number of methoxy groups -OCH3 is 1. The molecule has 0 spiro atoms. The Labute approximate surface area is 106 Å². The van der Waals surface area contributed by atoms with Gasteiger partial charge in [0, 0.05) is 12.0 Å². The molecule has 0 aliphatic heterocycles. The number of nitrogens with zero attached hydrogens (tertiary/aromatic N) is 2. The molecule has 2 rings (SSSR count). The number of nitrogens with one attached hydrogen (secondary N) is 1. The van der Waals surface area contributed by atoms with Crippen LogP contribution in [0.25, 0.3) is 11.4 Å². The molecule has 0 aliphatic rings. The highest BCUT2D eigenvalue weighted by atomic mass is 16.5. The molecular weight excluding hydrogens is 230 g/mol. The molecule has 5 nitrogen and oxygen atoms in total. The Morgan fingerprint density at radius 3 is 2.83 bits per heavy atom. The summed E-state index contributed by atoms with van der Waals surface area (Å²) in [5.41, 5.74) is 0.816. The van der Waals surface area contributed by atoms with E-state index in [4.69, 9.17) is 4.74 Å². The molecule has 0 aliphatic carbocycles. The van der Waals surface area contributed by atoms with Gasteiger partial charge >= 0.3 is 0 Å². The van der Waals surface area contributed by atoms with Crippen molar-refractivity contribution >= 4 is 0 Å². The normalized spacial score (nSPS) is 10.9. The van der Waals surface area contributed by atoms with Crippen LogP contribution < -0.4 is 4.74 Å². The maximum Gasteiger partial charge on any atom is 0.181 e. The lowest BCUT2D eigenvalue weighted by Gasteiger charge is -2.04. The van der Waals surface area contributed by atoms with Crippen molar-refractivity contribution in [2.45, 2.75) is 20.3 Å². The van der Waals surface area contributed by atoms with E-state index in [1.807, 2.05) is 0 Å². The molecule has 1 aromatic heterocycles. The predicted molar refractivity (Wildman–Crippen MR) is 68.6 cm³/mol. The third-order valence-corrected chi connectivity index (χ3v) is 2.57. The van der Waals surface area contributed by atoms with Crippen LogP contribution in [0.4, 0.5) is 0 Å². The lowest BCUT2D eigenvalue weighted by molar-refractivity contribution is 0.373. The van der Waals surface area contributed by atoms with Crippen molar-refractivity contribution in [3.8, 4) is 22.9 Å². The van der Waals surface area contributed by atoms with Gasteiger partial charge in [-0.15, -0.1) is 0 Å². The zero-order chi connectivity index (χ0) is 13.1. The van der Waals surface area contributed by atoms with Crippen LogP contribution in [0.1, 0.15) is 19.7 Å². The van der Waals surface area contributed by atoms with Crippen molar-refractivity contribution in [3.05, 3.63) is 24.0 Å². The maximum absolute atomic E-state index is 9.53. The number of hydrogen-bond acceptors (Lipinski definition) is 4. The molecule has 1 heterocycles. The summed E-state index contributed by atoms with van der Waals surface area (Å²) in [6.07, 6.45) is 0.863. The molecule has 0 unspecified atom stereocenters. The molecule has 2 aromatic rings. The fraction of sp³-hybridized carbons (Fsp3) is 0.385. The van der Waals surface area contributed by atoms with E-state index in [-0.39, 0.29) is 5.75 Å². The first kappa shape index (κ1) is 12.4. The summed E-state index contributed by atoms with van der Waals surface area (Å²) in [6.45, 7) is 4.26. The number of hydrogen-bond donors (Lipinski definition) is 2. The van der Waals surface area contributed by atoms with Gasteiger partial charge in [0.15, 0.2) is 17.3 Å². The van der Waals surface area contributed by atoms with Crippen molar-refractivity contribution < 1.29 is 9.84 Å². The molecule has 0 amide bonds. The summed E-state index contributed by atoms with van der Waals surface area (Å²) in [4.78, 5) is 4.42. The minimum absolute atomic E-state index is 0.110. The number of aromatic nitrogens is 3. The molecular formula is C13H17N3O2. The number of ether oxygens (including phenoxy) is 1. The number of phenolic OH excluding ortho intramolecular Hbond substituents is 1. The molecule has 0 saturated heterocycles. The first-order valence-corrected chi connectivity index (χ1v) is 5.88. The van der Waals surface area contributed by atoms with Crippen LogP contribution in [-0.4, -0.2) is 27.4 Å². The maximum atomic E-state index is 9.53. The predicted octanol–water partition coefficient (Wildman–Crippen LogP) is 2.38. The molecule has 0 radical (unpaired) electrons. The molecule has 18 heavy (non-hydrogen) atoms. The van der Waals surface area contributed by atoms with E-state index < -0.39 is 0 Å². The second-order valence-electron chi connectivity index (χ2n) is 4.59. The van der Waals surface area contributed by atoms with Gasteiger partial charge < -0.3 is 9.84 Å². The van der Waals surface area contributed by atoms with E-state index in [0.717, 1.165) is 17.8 Å². The quantitative estimate of drug-likeness (QED) is 0.870. The first-order chi connectivity index (χ1) is 8.60. The number of rotatable bonds is 4. The SMILES string of the molecule is COc1cc(-c2n[nH]c(CC(C)C)n2)ccc1O. The molecule has 0 bridgehead atoms. The van der Waals surface area contributed by atoms with E-state index in [0.29, 0.717) is 17.5 Å². The lowest BCUT2D eigenvalue weighted by Crippen LogP contribution is -1.95. The third-order valence-electron chi connectivity index (χ3n) is 2.57. The van der Waals surface area contributed by atoms with Gasteiger partial charge in [-0.1, -0.05) is 13.8 Å². The van der Waals surface area contributed by atoms with E-state index in [1.54, 1.807) is 18.2 Å². The first-order valence-electron chi connectivity index (χ1n) is 5.88. The second kappa shape index (κ2) is 5.08. The Balaban J connectivity index is 2.28. The van der Waals surface area contributed by atoms with Gasteiger partial charge in [-0.2, -0.15) is 5.10 Å². The zero-order valence-corrected chi connectivity index (χ0v) is 10.8. The molecule has 2 N–H and O–H groups in total. The minimum atomic E-state index is 0.110. The summed E-state index contributed by atoms with van der Waals surface area (Å²) >= 11 is 0. The third kappa shape index (κ3) is 2.61. The minimum Gasteiger partial charge on any atom is -0.504 e. The second-order valence-corrected chi connectivity index (χ2v) is 4.59. The highest BCUT2D eigenvalue weighted by Crippen LogP contribution is 2.29. The Hall–Kier alpha value is -2.04. The monoisotopic (exact) mass is 247 g/mol. The van der Waals surface area contributed by atoms with Gasteiger partial charge in [-0.25, -0.2) is 4.98 Å². The molecule has 0 fully saturated rings. The van der Waals surface area contributed by atoms with Crippen LogP contribution in [0.15, 0.2) is 18.2 Å². The average Bonchev–Trinajstić information content (AvgIpc) is 2.77. The summed E-state index contributed by atoms with van der Waals surface area (Å²) in [5, 5.41) is 16.6. The van der Waals surface area contributed by atoms with Crippen LogP contribution in [0, 0.1) is 5.92 Å². The molecule has 1 aromatic carbocycles. The summed E-state index contributed by atoms with van der Waals surface area (Å²) in [5.74, 6) is 2.54. The van der Waals surface area contributed by atoms with Crippen LogP contribution in [0.2, 0.25) is 0 Å². The summed E-state index contributed by atoms with van der Waals surface area (Å²) < 4.78 is 5.06. The van der Waals surface area contributed by atoms with Crippen molar-refractivity contribution in [3.63, 3.8) is 0 Å². The summed E-state index contributed by atoms with van der Waals surface area (Å²) in [7, 11) is 1.51. The Bertz CT molecular complexity index is 535. The van der Waals surface area contributed by atoms with Gasteiger partial charge in [0.05, 0.1) is 7.11 Å². The van der Waals surface area contributed by atoms with Gasteiger partial charge in [-0.3, -0.25) is 5.10 Å². The number of phenols is 1. The Morgan fingerprint density at radius 2 is 2.17 bits per heavy atom. The zero-order valence-electron chi connectivity index (χ0n) is 10.8. The fourth-order valence-electron chi connectivity index (χ4n) is 1.72. The smallest absolute Gasteiger partial charge is 0.181 e. The highest BCUT2D eigenvalue weighted by molar-refractivity contribution is 5.60. The number of H-pyrrole nitrogens is 1. The largest absolute Gasteiger partial charge is 0.504 e. The van der Waals surface area contributed by atoms with E-state index >= 15 is 0 Å². The van der Waals surface area contributed by atoms with Crippen molar-refractivity contribution in [1.29, 1.82) is 0 Å². The molecule has 5 heteroatoms. The number of aromatic amines is 1. The van der Waals surface area contributed by atoms with Crippen LogP contribution >= 0.6 is 0 Å². The topological polar surface area (TPSA) is 71.0 Å². The highest BCUT2D eigenvalue weighted by Gasteiger charge is 2.10. The molecule has 0 saturated carbocycles. The summed E-state index contributed by atoms with van der Waals surface area (Å²) in [6, 6.07) is 5.06. The van der Waals surface area contributed by atoms with E-state index in [2.05, 4.69) is 29.0 Å². The van der Waals surface area contributed by atoms with Gasteiger partial charge in [0.2, 0.25) is 0 Å². The van der Waals surface area contributed by atoms with Crippen LogP contribution in [0.3, 0.4) is 0 Å². The average molecular weight is 247 g/mol. The standard InChI is InChI=1S/C13H17N3O2/c1-8(2)6-12-14-13(16-15-12)9-4-5-10(17)11(7-9)18-3/h4-5,7-8,17H,6H2,1-3H3,(H,14,15,16). The van der Waals surface area contributed by atoms with Gasteiger partial charge in [0.25, 0.3) is 0 Å². The van der Waals surface area contributed by atoms with Crippen molar-refractivity contribution in [1.82, 2.24) is 15.2 Å². The van der Waals surface area contributed by atoms with E-state index in [9.17, 15) is 5.11 Å². The number of benzene rings is 1. The Kier molecular flexibility index (Phi) is 3.50. The van der Waals surface area contributed by atoms with Crippen LogP contribution in [-0.2, 0) is 6.42 Å². The fourth-order valence-corrected chi connectivity index (χ4v) is 1.72. The van der Waals surface area contributed by atoms with Crippen molar-refractivity contribution in [2.24, 2.45) is 5.92 Å². The van der Waals surface area contributed by atoms with Crippen LogP contribution in [0.5, 0.6) is 11.5 Å². The number of aromatic hydroxyl groups is 1. The molecule has 96 valence electrons. The van der Waals surface area contributed by atoms with Crippen molar-refractivity contribution in [2.75, 3.05) is 7.11 Å². The van der Waals surface area contributed by atoms with Gasteiger partial charge in [-0.05, 0) is 24.1 Å². The Morgan fingerprint density at radius 1 is 1.39 bits per heavy atom. The molecule has 0 atom stereocenters. The lowest BCUT2D eigenvalue weighted by atomic mass is 10.1. The van der Waals surface area contributed by atoms with Gasteiger partial charge in [0.1, 0.15) is 5.82 Å². The van der Waals surface area contributed by atoms with E-state index in [1.165, 1.54) is 7.11 Å².